The maximum atomic E-state index is 13.1. The molecule has 1 amide bonds. The van der Waals surface area contributed by atoms with Crippen LogP contribution >= 0.6 is 0 Å². The molecule has 158 valence electrons. The molecule has 8 heteroatoms. The van der Waals surface area contributed by atoms with Crippen molar-refractivity contribution in [2.45, 2.75) is 31.0 Å². The molecule has 4 rings (SSSR count). The van der Waals surface area contributed by atoms with Crippen molar-refractivity contribution in [3.63, 3.8) is 0 Å². The first-order valence-electron chi connectivity index (χ1n) is 9.68. The first-order valence-corrected chi connectivity index (χ1v) is 9.68. The molecule has 1 aliphatic heterocycles. The van der Waals surface area contributed by atoms with Crippen LogP contribution in [0.2, 0.25) is 0 Å². The molecule has 1 N–H and O–H groups in total. The predicted molar refractivity (Wildman–Crippen MR) is 102 cm³/mol. The number of amides is 1. The van der Waals surface area contributed by atoms with E-state index in [1.807, 2.05) is 48.5 Å². The van der Waals surface area contributed by atoms with Gasteiger partial charge in [0.1, 0.15) is 12.6 Å². The molecule has 1 aliphatic carbocycles. The lowest BCUT2D eigenvalue weighted by Crippen LogP contribution is -2.53. The second-order valence-corrected chi connectivity index (χ2v) is 7.63. The molecule has 1 saturated heterocycles. The summed E-state index contributed by atoms with van der Waals surface area (Å²) in [5.41, 5.74) is 3.97. The van der Waals surface area contributed by atoms with E-state index < -0.39 is 36.7 Å². The first kappa shape index (κ1) is 20.3. The van der Waals surface area contributed by atoms with Gasteiger partial charge in [0.05, 0.1) is 5.92 Å². The van der Waals surface area contributed by atoms with E-state index in [2.05, 4.69) is 0 Å². The predicted octanol–water partition coefficient (Wildman–Crippen LogP) is 4.66. The van der Waals surface area contributed by atoms with Crippen molar-refractivity contribution in [3.8, 4) is 11.1 Å². The lowest BCUT2D eigenvalue weighted by Gasteiger charge is -2.37. The minimum Gasteiger partial charge on any atom is -0.480 e. The Morgan fingerprint density at radius 2 is 1.57 bits per heavy atom. The van der Waals surface area contributed by atoms with Gasteiger partial charge in [0.25, 0.3) is 0 Å². The summed E-state index contributed by atoms with van der Waals surface area (Å²) in [6.07, 6.45) is -6.11. The maximum absolute atomic E-state index is 13.1. The van der Waals surface area contributed by atoms with Crippen LogP contribution < -0.4 is 0 Å². The number of aliphatic carboxylic acids is 1. The molecular formula is C22H20F3NO4. The van der Waals surface area contributed by atoms with E-state index in [1.165, 1.54) is 0 Å². The van der Waals surface area contributed by atoms with Crippen molar-refractivity contribution >= 4 is 12.1 Å². The van der Waals surface area contributed by atoms with E-state index >= 15 is 0 Å². The quantitative estimate of drug-likeness (QED) is 0.786. The Hall–Kier alpha value is -3.03. The molecule has 1 heterocycles. The number of piperidine rings is 1. The number of alkyl halides is 3. The zero-order chi connectivity index (χ0) is 21.5. The summed E-state index contributed by atoms with van der Waals surface area (Å²) in [7, 11) is 0. The largest absolute Gasteiger partial charge is 0.480 e. The molecular weight excluding hydrogens is 399 g/mol. The van der Waals surface area contributed by atoms with Crippen LogP contribution in [0.15, 0.2) is 48.5 Å². The number of hydrogen-bond donors (Lipinski definition) is 1. The number of halogens is 3. The minimum atomic E-state index is -4.49. The van der Waals surface area contributed by atoms with Gasteiger partial charge in [0.15, 0.2) is 0 Å². The number of nitrogens with zero attached hydrogens (tertiary/aromatic N) is 1. The maximum Gasteiger partial charge on any atom is 0.410 e. The number of carbonyl (C=O) groups excluding carboxylic acids is 1. The molecule has 0 saturated carbocycles. The number of fused-ring (bicyclic) bond motifs is 3. The van der Waals surface area contributed by atoms with Gasteiger partial charge in [0, 0.05) is 12.5 Å². The van der Waals surface area contributed by atoms with E-state index in [1.54, 1.807) is 0 Å². The van der Waals surface area contributed by atoms with Crippen LogP contribution in [0.1, 0.15) is 29.9 Å². The standard InChI is InChI=1S/C22H20F3NO4/c23-22(24,25)13-9-10-19(20(27)28)26(11-13)21(29)30-12-18-16-7-3-1-5-14(16)15-6-2-4-8-17(15)18/h1-8,13,18-19H,9-12H2,(H,27,28)/t13-,19-/m1/s1. The number of carboxylic acids is 1. The Morgan fingerprint density at radius 3 is 2.10 bits per heavy atom. The monoisotopic (exact) mass is 419 g/mol. The fourth-order valence-electron chi connectivity index (χ4n) is 4.37. The third-order valence-corrected chi connectivity index (χ3v) is 5.90. The molecule has 2 atom stereocenters. The molecule has 0 radical (unpaired) electrons. The smallest absolute Gasteiger partial charge is 0.410 e. The number of benzene rings is 2. The van der Waals surface area contributed by atoms with Crippen molar-refractivity contribution < 1.29 is 32.6 Å². The summed E-state index contributed by atoms with van der Waals surface area (Å²) in [5.74, 6) is -3.34. The highest BCUT2D eigenvalue weighted by molar-refractivity contribution is 5.81. The van der Waals surface area contributed by atoms with Crippen molar-refractivity contribution in [2.75, 3.05) is 13.2 Å². The second-order valence-electron chi connectivity index (χ2n) is 7.63. The van der Waals surface area contributed by atoms with E-state index in [4.69, 9.17) is 4.74 Å². The fraction of sp³-hybridized carbons (Fsp3) is 0.364. The van der Waals surface area contributed by atoms with Gasteiger partial charge in [-0.15, -0.1) is 0 Å². The zero-order valence-electron chi connectivity index (χ0n) is 15.9. The van der Waals surface area contributed by atoms with Gasteiger partial charge in [-0.1, -0.05) is 48.5 Å². The van der Waals surface area contributed by atoms with Gasteiger partial charge < -0.3 is 9.84 Å². The normalized spacial score (nSPS) is 21.1. The second kappa shape index (κ2) is 7.66. The van der Waals surface area contributed by atoms with Crippen LogP contribution in [0.3, 0.4) is 0 Å². The molecule has 0 unspecified atom stereocenters. The fourth-order valence-corrected chi connectivity index (χ4v) is 4.37. The van der Waals surface area contributed by atoms with Crippen LogP contribution in [0.4, 0.5) is 18.0 Å². The molecule has 0 bridgehead atoms. The van der Waals surface area contributed by atoms with Crippen LogP contribution in [0.25, 0.3) is 11.1 Å². The third kappa shape index (κ3) is 3.62. The van der Waals surface area contributed by atoms with Gasteiger partial charge >= 0.3 is 18.2 Å². The Labute approximate surface area is 171 Å². The van der Waals surface area contributed by atoms with E-state index in [-0.39, 0.29) is 25.4 Å². The summed E-state index contributed by atoms with van der Waals surface area (Å²) in [5, 5.41) is 9.36. The Balaban J connectivity index is 1.53. The Morgan fingerprint density at radius 1 is 1.00 bits per heavy atom. The summed E-state index contributed by atoms with van der Waals surface area (Å²) in [4.78, 5) is 24.8. The van der Waals surface area contributed by atoms with Gasteiger partial charge in [-0.05, 0) is 35.1 Å². The molecule has 2 aromatic carbocycles. The SMILES string of the molecule is O=C(O)[C@H]1CC[C@@H](C(F)(F)F)CN1C(=O)OCC1c2ccccc2-c2ccccc21. The molecule has 1 fully saturated rings. The lowest BCUT2D eigenvalue weighted by atomic mass is 9.92. The highest BCUT2D eigenvalue weighted by atomic mass is 19.4. The van der Waals surface area contributed by atoms with E-state index in [0.29, 0.717) is 4.90 Å². The highest BCUT2D eigenvalue weighted by Gasteiger charge is 2.47. The van der Waals surface area contributed by atoms with Crippen LogP contribution in [0.5, 0.6) is 0 Å². The lowest BCUT2D eigenvalue weighted by molar-refractivity contribution is -0.190. The number of carbonyl (C=O) groups is 2. The number of ether oxygens (including phenoxy) is 1. The van der Waals surface area contributed by atoms with Gasteiger partial charge in [-0.25, -0.2) is 9.59 Å². The van der Waals surface area contributed by atoms with Crippen LogP contribution in [0, 0.1) is 5.92 Å². The molecule has 2 aliphatic rings. The average molecular weight is 419 g/mol. The van der Waals surface area contributed by atoms with Crippen molar-refractivity contribution in [3.05, 3.63) is 59.7 Å². The van der Waals surface area contributed by atoms with Crippen LogP contribution in [-0.4, -0.2) is 47.4 Å². The Bertz CT molecular complexity index is 929. The van der Waals surface area contributed by atoms with Gasteiger partial charge in [0.2, 0.25) is 0 Å². The first-order chi connectivity index (χ1) is 14.3. The van der Waals surface area contributed by atoms with Crippen LogP contribution in [-0.2, 0) is 9.53 Å². The molecule has 2 aromatic rings. The van der Waals surface area contributed by atoms with Crippen molar-refractivity contribution in [1.82, 2.24) is 4.90 Å². The Kier molecular flexibility index (Phi) is 5.17. The highest BCUT2D eigenvalue weighted by Crippen LogP contribution is 2.44. The van der Waals surface area contributed by atoms with Crippen molar-refractivity contribution in [1.29, 1.82) is 0 Å². The average Bonchev–Trinajstić information content (AvgIpc) is 3.04. The summed E-state index contributed by atoms with van der Waals surface area (Å²) in [6, 6.07) is 14.0. The number of likely N-dealkylation sites (tertiary alicyclic amines) is 1. The minimum absolute atomic E-state index is 0.0770. The van der Waals surface area contributed by atoms with Gasteiger partial charge in [-0.3, -0.25) is 4.90 Å². The molecule has 30 heavy (non-hydrogen) atoms. The van der Waals surface area contributed by atoms with Crippen molar-refractivity contribution in [2.24, 2.45) is 5.92 Å². The van der Waals surface area contributed by atoms with E-state index in [0.717, 1.165) is 22.3 Å². The molecule has 0 aromatic heterocycles. The summed E-state index contributed by atoms with van der Waals surface area (Å²) in [6.45, 7) is -0.788. The summed E-state index contributed by atoms with van der Waals surface area (Å²) >= 11 is 0. The topological polar surface area (TPSA) is 66.8 Å². The number of hydrogen-bond acceptors (Lipinski definition) is 3. The third-order valence-electron chi connectivity index (χ3n) is 5.90. The number of rotatable bonds is 3. The summed E-state index contributed by atoms with van der Waals surface area (Å²) < 4.78 is 44.8. The number of carboxylic acid groups (broad SMARTS) is 1. The van der Waals surface area contributed by atoms with Gasteiger partial charge in [-0.2, -0.15) is 13.2 Å². The molecule has 0 spiro atoms. The molecule has 5 nitrogen and oxygen atoms in total. The van der Waals surface area contributed by atoms with E-state index in [9.17, 15) is 27.9 Å². The zero-order valence-corrected chi connectivity index (χ0v) is 15.9.